The highest BCUT2D eigenvalue weighted by Gasteiger charge is 2.15. The van der Waals surface area contributed by atoms with Gasteiger partial charge >= 0.3 is 0 Å². The summed E-state index contributed by atoms with van der Waals surface area (Å²) < 4.78 is 32.4. The van der Waals surface area contributed by atoms with Crippen LogP contribution in [0.25, 0.3) is 32.0 Å². The number of H-pyrrole nitrogens is 1. The fourth-order valence-electron chi connectivity index (χ4n) is 3.11. The Labute approximate surface area is 172 Å². The van der Waals surface area contributed by atoms with Gasteiger partial charge in [-0.15, -0.1) is 11.3 Å². The van der Waals surface area contributed by atoms with Gasteiger partial charge < -0.3 is 14.7 Å². The summed E-state index contributed by atoms with van der Waals surface area (Å²) in [4.78, 5) is 23.3. The number of aromatic nitrogens is 3. The van der Waals surface area contributed by atoms with Gasteiger partial charge in [-0.1, -0.05) is 12.1 Å². The minimum atomic E-state index is -2.70. The van der Waals surface area contributed by atoms with Crippen LogP contribution < -0.4 is 5.32 Å². The minimum absolute atomic E-state index is 0.188. The molecule has 9 heteroatoms. The number of nitrogens with zero attached hydrogens (tertiary/aromatic N) is 2. The normalized spacial score (nSPS) is 11.6. The van der Waals surface area contributed by atoms with Crippen molar-refractivity contribution in [3.63, 3.8) is 0 Å². The van der Waals surface area contributed by atoms with E-state index >= 15 is 0 Å². The van der Waals surface area contributed by atoms with Gasteiger partial charge in [0, 0.05) is 5.56 Å². The van der Waals surface area contributed by atoms with Crippen LogP contribution in [0, 0.1) is 0 Å². The molecule has 0 aliphatic rings. The number of alkyl halides is 2. The molecule has 0 aliphatic heterocycles. The molecule has 2 N–H and O–H groups in total. The summed E-state index contributed by atoms with van der Waals surface area (Å²) in [5.74, 6) is 0.461. The first kappa shape index (κ1) is 18.4. The zero-order valence-electron chi connectivity index (χ0n) is 15.4. The van der Waals surface area contributed by atoms with E-state index < -0.39 is 12.2 Å². The molecule has 0 spiro atoms. The maximum Gasteiger partial charge on any atom is 0.295 e. The lowest BCUT2D eigenvalue weighted by molar-refractivity contribution is 0.0948. The number of imidazole rings is 1. The number of halogens is 2. The summed E-state index contributed by atoms with van der Waals surface area (Å²) in [7, 11) is 0. The van der Waals surface area contributed by atoms with Crippen molar-refractivity contribution in [2.75, 3.05) is 0 Å². The number of thiazole rings is 1. The third kappa shape index (κ3) is 3.43. The number of nitrogens with one attached hydrogen (secondary N) is 2. The Morgan fingerprint density at radius 2 is 1.97 bits per heavy atom. The van der Waals surface area contributed by atoms with Gasteiger partial charge in [0.2, 0.25) is 0 Å². The zero-order valence-corrected chi connectivity index (χ0v) is 16.2. The van der Waals surface area contributed by atoms with Crippen LogP contribution in [-0.2, 0) is 6.54 Å². The molecule has 0 radical (unpaired) electrons. The van der Waals surface area contributed by atoms with E-state index in [1.807, 2.05) is 30.3 Å². The number of rotatable bonds is 5. The van der Waals surface area contributed by atoms with Crippen molar-refractivity contribution in [2.24, 2.45) is 0 Å². The molecule has 0 aliphatic carbocycles. The van der Waals surface area contributed by atoms with Crippen LogP contribution in [0.2, 0.25) is 0 Å². The number of furan rings is 1. The van der Waals surface area contributed by atoms with Gasteiger partial charge in [0.25, 0.3) is 12.3 Å². The van der Waals surface area contributed by atoms with Crippen LogP contribution in [0.15, 0.2) is 59.0 Å². The Morgan fingerprint density at radius 1 is 1.10 bits per heavy atom. The Kier molecular flexibility index (Phi) is 4.51. The topological polar surface area (TPSA) is 83.8 Å². The lowest BCUT2D eigenvalue weighted by Crippen LogP contribution is -2.22. The highest BCUT2D eigenvalue weighted by atomic mass is 32.1. The van der Waals surface area contributed by atoms with E-state index in [-0.39, 0.29) is 12.5 Å². The molecule has 2 aromatic carbocycles. The Hall–Kier alpha value is -3.59. The quantitative estimate of drug-likeness (QED) is 0.401. The highest BCUT2D eigenvalue weighted by molar-refractivity contribution is 7.21. The van der Waals surface area contributed by atoms with Crippen LogP contribution in [-0.4, -0.2) is 20.9 Å². The van der Waals surface area contributed by atoms with Gasteiger partial charge in [0.05, 0.1) is 27.8 Å². The molecule has 5 aromatic rings. The van der Waals surface area contributed by atoms with Gasteiger partial charge in [0.1, 0.15) is 5.76 Å². The van der Waals surface area contributed by atoms with Crippen molar-refractivity contribution in [2.45, 2.75) is 13.0 Å². The van der Waals surface area contributed by atoms with Crippen molar-refractivity contribution in [3.05, 3.63) is 71.7 Å². The second kappa shape index (κ2) is 7.34. The second-order valence-corrected chi connectivity index (χ2v) is 7.62. The maximum atomic E-state index is 12.8. The summed E-state index contributed by atoms with van der Waals surface area (Å²) in [6, 6.07) is 16.0. The summed E-state index contributed by atoms with van der Waals surface area (Å²) in [5.41, 5.74) is 2.01. The number of amides is 1. The molecule has 150 valence electrons. The average molecular weight is 424 g/mol. The van der Waals surface area contributed by atoms with E-state index in [9.17, 15) is 13.6 Å². The SMILES string of the molecule is O=C(NCc1ccc(-c2nc3ccccc3s2)o1)c1ccc2nc(C(F)F)[nH]c2c1. The number of hydrogen-bond acceptors (Lipinski definition) is 5. The van der Waals surface area contributed by atoms with E-state index in [1.165, 1.54) is 23.5 Å². The van der Waals surface area contributed by atoms with E-state index in [0.29, 0.717) is 28.1 Å². The molecule has 0 saturated heterocycles. The summed E-state index contributed by atoms with van der Waals surface area (Å²) in [6.07, 6.45) is -2.70. The van der Waals surface area contributed by atoms with Gasteiger partial charge in [-0.3, -0.25) is 4.79 Å². The van der Waals surface area contributed by atoms with E-state index in [4.69, 9.17) is 4.42 Å². The predicted octanol–water partition coefficient (Wildman–Crippen LogP) is 5.30. The van der Waals surface area contributed by atoms with Crippen molar-refractivity contribution < 1.29 is 18.0 Å². The second-order valence-electron chi connectivity index (χ2n) is 6.59. The number of para-hydroxylation sites is 1. The fraction of sp³-hybridized carbons (Fsp3) is 0.0952. The van der Waals surface area contributed by atoms with Crippen LogP contribution >= 0.6 is 11.3 Å². The molecule has 6 nitrogen and oxygen atoms in total. The van der Waals surface area contributed by atoms with E-state index in [2.05, 4.69) is 20.3 Å². The summed E-state index contributed by atoms with van der Waals surface area (Å²) >= 11 is 1.54. The number of benzene rings is 2. The largest absolute Gasteiger partial charge is 0.457 e. The molecule has 3 heterocycles. The van der Waals surface area contributed by atoms with Gasteiger partial charge in [-0.25, -0.2) is 18.7 Å². The first-order chi connectivity index (χ1) is 14.6. The number of hydrogen-bond donors (Lipinski definition) is 2. The third-order valence-electron chi connectivity index (χ3n) is 4.56. The molecule has 1 amide bonds. The zero-order chi connectivity index (χ0) is 20.7. The standard InChI is InChI=1S/C21H14F2N4O2S/c22-18(23)19-25-13-7-5-11(9-15(13)26-19)20(28)24-10-12-6-8-16(29-12)21-27-14-3-1-2-4-17(14)30-21/h1-9,18H,10H2,(H,24,28)(H,25,26). The Bertz CT molecular complexity index is 1340. The predicted molar refractivity (Wildman–Crippen MR) is 110 cm³/mol. The van der Waals surface area contributed by atoms with Crippen molar-refractivity contribution in [1.29, 1.82) is 0 Å². The van der Waals surface area contributed by atoms with Crippen LogP contribution in [0.4, 0.5) is 8.78 Å². The number of fused-ring (bicyclic) bond motifs is 2. The smallest absolute Gasteiger partial charge is 0.295 e. The molecule has 0 saturated carbocycles. The molecule has 0 fully saturated rings. The maximum absolute atomic E-state index is 12.8. The molecular formula is C21H14F2N4O2S. The number of carbonyl (C=O) groups is 1. The third-order valence-corrected chi connectivity index (χ3v) is 5.61. The molecule has 5 rings (SSSR count). The molecule has 30 heavy (non-hydrogen) atoms. The lowest BCUT2D eigenvalue weighted by atomic mass is 10.2. The van der Waals surface area contributed by atoms with Crippen molar-refractivity contribution in [1.82, 2.24) is 20.3 Å². The molecule has 0 unspecified atom stereocenters. The minimum Gasteiger partial charge on any atom is -0.457 e. The summed E-state index contributed by atoms with van der Waals surface area (Å²) in [5, 5.41) is 3.54. The molecular weight excluding hydrogens is 410 g/mol. The fourth-order valence-corrected chi connectivity index (χ4v) is 4.04. The molecule has 3 aromatic heterocycles. The lowest BCUT2D eigenvalue weighted by Gasteiger charge is -2.03. The average Bonchev–Trinajstić information content (AvgIpc) is 3.48. The van der Waals surface area contributed by atoms with E-state index in [0.717, 1.165) is 15.2 Å². The van der Waals surface area contributed by atoms with E-state index in [1.54, 1.807) is 12.1 Å². The summed E-state index contributed by atoms with van der Waals surface area (Å²) in [6.45, 7) is 0.188. The van der Waals surface area contributed by atoms with Crippen LogP contribution in [0.5, 0.6) is 0 Å². The number of aromatic amines is 1. The Balaban J connectivity index is 1.29. The van der Waals surface area contributed by atoms with Crippen molar-refractivity contribution >= 4 is 38.5 Å². The van der Waals surface area contributed by atoms with Gasteiger partial charge in [-0.2, -0.15) is 0 Å². The first-order valence-corrected chi connectivity index (χ1v) is 9.89. The van der Waals surface area contributed by atoms with Crippen LogP contribution in [0.3, 0.4) is 0 Å². The Morgan fingerprint density at radius 3 is 2.80 bits per heavy atom. The number of carbonyl (C=O) groups excluding carboxylic acids is 1. The van der Waals surface area contributed by atoms with Gasteiger partial charge in [0.15, 0.2) is 16.6 Å². The molecule has 0 bridgehead atoms. The van der Waals surface area contributed by atoms with Gasteiger partial charge in [-0.05, 0) is 42.5 Å². The van der Waals surface area contributed by atoms with Crippen molar-refractivity contribution in [3.8, 4) is 10.8 Å². The van der Waals surface area contributed by atoms with Crippen LogP contribution in [0.1, 0.15) is 28.4 Å². The first-order valence-electron chi connectivity index (χ1n) is 9.07. The highest BCUT2D eigenvalue weighted by Crippen LogP contribution is 2.31. The molecule has 0 atom stereocenters. The monoisotopic (exact) mass is 424 g/mol.